The largest absolute Gasteiger partial charge is 0.300 e. The SMILES string of the molecule is CC(C(=O)Nc1nc(-c2ccc(Cl)cc2)cs1)n1cccn1. The number of aromatic nitrogens is 3. The quantitative estimate of drug-likeness (QED) is 0.789. The Morgan fingerprint density at radius 2 is 2.14 bits per heavy atom. The van der Waals surface area contributed by atoms with E-state index in [0.717, 1.165) is 11.3 Å². The normalized spacial score (nSPS) is 12.1. The predicted octanol–water partition coefficient (Wildman–Crippen LogP) is 3.86. The smallest absolute Gasteiger partial charge is 0.250 e. The number of nitrogens with zero attached hydrogens (tertiary/aromatic N) is 3. The van der Waals surface area contributed by atoms with Gasteiger partial charge in [0, 0.05) is 28.4 Å². The molecular weight excluding hydrogens is 320 g/mol. The van der Waals surface area contributed by atoms with Crippen molar-refractivity contribution in [2.75, 3.05) is 5.32 Å². The van der Waals surface area contributed by atoms with Crippen molar-refractivity contribution >= 4 is 34.0 Å². The second-order valence-corrected chi connectivity index (χ2v) is 5.99. The van der Waals surface area contributed by atoms with Gasteiger partial charge in [0.25, 0.3) is 5.91 Å². The highest BCUT2D eigenvalue weighted by Crippen LogP contribution is 2.26. The van der Waals surface area contributed by atoms with E-state index in [9.17, 15) is 4.79 Å². The lowest BCUT2D eigenvalue weighted by Gasteiger charge is -2.10. The molecule has 3 aromatic rings. The van der Waals surface area contributed by atoms with Gasteiger partial charge in [-0.2, -0.15) is 5.10 Å². The van der Waals surface area contributed by atoms with E-state index >= 15 is 0 Å². The first-order valence-corrected chi connectivity index (χ1v) is 7.91. The van der Waals surface area contributed by atoms with Crippen molar-refractivity contribution in [3.8, 4) is 11.3 Å². The summed E-state index contributed by atoms with van der Waals surface area (Å²) in [7, 11) is 0. The molecule has 1 unspecified atom stereocenters. The molecule has 1 aromatic carbocycles. The van der Waals surface area contributed by atoms with Crippen LogP contribution in [-0.2, 0) is 4.79 Å². The fourth-order valence-corrected chi connectivity index (χ4v) is 2.77. The number of anilines is 1. The number of thiazole rings is 1. The highest BCUT2D eigenvalue weighted by atomic mass is 35.5. The van der Waals surface area contributed by atoms with Crippen molar-refractivity contribution in [2.45, 2.75) is 13.0 Å². The van der Waals surface area contributed by atoms with Gasteiger partial charge >= 0.3 is 0 Å². The molecule has 7 heteroatoms. The molecule has 0 fully saturated rings. The minimum absolute atomic E-state index is 0.152. The second kappa shape index (κ2) is 6.29. The van der Waals surface area contributed by atoms with Crippen molar-refractivity contribution in [3.05, 3.63) is 53.1 Å². The Morgan fingerprint density at radius 1 is 1.36 bits per heavy atom. The van der Waals surface area contributed by atoms with Crippen LogP contribution in [0, 0.1) is 0 Å². The molecule has 22 heavy (non-hydrogen) atoms. The Balaban J connectivity index is 1.71. The molecule has 0 saturated carbocycles. The van der Waals surface area contributed by atoms with E-state index in [1.54, 1.807) is 30.1 Å². The van der Waals surface area contributed by atoms with Gasteiger partial charge in [-0.05, 0) is 25.1 Å². The number of nitrogens with one attached hydrogen (secondary N) is 1. The molecule has 2 heterocycles. The molecule has 5 nitrogen and oxygen atoms in total. The van der Waals surface area contributed by atoms with Crippen LogP contribution in [0.25, 0.3) is 11.3 Å². The summed E-state index contributed by atoms with van der Waals surface area (Å²) >= 11 is 7.26. The van der Waals surface area contributed by atoms with Gasteiger partial charge in [-0.3, -0.25) is 9.48 Å². The van der Waals surface area contributed by atoms with Crippen LogP contribution in [0.15, 0.2) is 48.1 Å². The zero-order valence-corrected chi connectivity index (χ0v) is 13.3. The molecule has 0 radical (unpaired) electrons. The molecular formula is C15H13ClN4OS. The van der Waals surface area contributed by atoms with E-state index < -0.39 is 6.04 Å². The molecule has 2 aromatic heterocycles. The van der Waals surface area contributed by atoms with Crippen molar-refractivity contribution < 1.29 is 4.79 Å². The Labute approximate surface area is 136 Å². The van der Waals surface area contributed by atoms with Crippen molar-refractivity contribution in [2.24, 2.45) is 0 Å². The Hall–Kier alpha value is -2.18. The van der Waals surface area contributed by atoms with Gasteiger partial charge in [0.1, 0.15) is 6.04 Å². The highest BCUT2D eigenvalue weighted by molar-refractivity contribution is 7.14. The van der Waals surface area contributed by atoms with E-state index in [1.807, 2.05) is 29.6 Å². The van der Waals surface area contributed by atoms with Crippen LogP contribution in [-0.4, -0.2) is 20.7 Å². The maximum Gasteiger partial charge on any atom is 0.250 e. The lowest BCUT2D eigenvalue weighted by Crippen LogP contribution is -2.23. The summed E-state index contributed by atoms with van der Waals surface area (Å²) in [6, 6.07) is 8.82. The van der Waals surface area contributed by atoms with Crippen LogP contribution >= 0.6 is 22.9 Å². The van der Waals surface area contributed by atoms with Crippen LogP contribution in [0.2, 0.25) is 5.02 Å². The number of hydrogen-bond acceptors (Lipinski definition) is 4. The fraction of sp³-hybridized carbons (Fsp3) is 0.133. The minimum atomic E-state index is -0.391. The molecule has 112 valence electrons. The summed E-state index contributed by atoms with van der Waals surface area (Å²) in [6.07, 6.45) is 3.40. The number of hydrogen-bond donors (Lipinski definition) is 1. The average molecular weight is 333 g/mol. The monoisotopic (exact) mass is 332 g/mol. The third-order valence-electron chi connectivity index (χ3n) is 3.18. The van der Waals surface area contributed by atoms with Gasteiger partial charge in [0.05, 0.1) is 5.69 Å². The molecule has 0 saturated heterocycles. The molecule has 0 spiro atoms. The number of rotatable bonds is 4. The molecule has 0 aliphatic heterocycles. The van der Waals surface area contributed by atoms with Gasteiger partial charge in [0.2, 0.25) is 0 Å². The maximum atomic E-state index is 12.2. The number of carbonyl (C=O) groups excluding carboxylic acids is 1. The zero-order chi connectivity index (χ0) is 15.5. The van der Waals surface area contributed by atoms with Crippen molar-refractivity contribution in [1.29, 1.82) is 0 Å². The molecule has 1 amide bonds. The van der Waals surface area contributed by atoms with Gasteiger partial charge in [-0.25, -0.2) is 4.98 Å². The maximum absolute atomic E-state index is 12.2. The number of amides is 1. The zero-order valence-electron chi connectivity index (χ0n) is 11.7. The van der Waals surface area contributed by atoms with E-state index in [1.165, 1.54) is 11.3 Å². The minimum Gasteiger partial charge on any atom is -0.300 e. The molecule has 1 N–H and O–H groups in total. The second-order valence-electron chi connectivity index (χ2n) is 4.70. The summed E-state index contributed by atoms with van der Waals surface area (Å²) in [5, 5.41) is 10.0. The third kappa shape index (κ3) is 3.18. The molecule has 0 bridgehead atoms. The van der Waals surface area contributed by atoms with Crippen LogP contribution in [0.5, 0.6) is 0 Å². The number of halogens is 1. The number of benzene rings is 1. The first-order chi connectivity index (χ1) is 10.6. The van der Waals surface area contributed by atoms with Crippen LogP contribution in [0.1, 0.15) is 13.0 Å². The summed E-state index contributed by atoms with van der Waals surface area (Å²) in [5.74, 6) is -0.152. The molecule has 3 rings (SSSR count). The van der Waals surface area contributed by atoms with Crippen molar-refractivity contribution in [3.63, 3.8) is 0 Å². The van der Waals surface area contributed by atoms with Gasteiger partial charge in [0.15, 0.2) is 5.13 Å². The third-order valence-corrected chi connectivity index (χ3v) is 4.19. The first kappa shape index (κ1) is 14.7. The summed E-state index contributed by atoms with van der Waals surface area (Å²) in [5.41, 5.74) is 1.77. The van der Waals surface area contributed by atoms with Crippen LogP contribution in [0.4, 0.5) is 5.13 Å². The molecule has 0 aliphatic rings. The fourth-order valence-electron chi connectivity index (χ4n) is 1.92. The van der Waals surface area contributed by atoms with E-state index in [-0.39, 0.29) is 5.91 Å². The van der Waals surface area contributed by atoms with E-state index in [2.05, 4.69) is 15.4 Å². The van der Waals surface area contributed by atoms with E-state index in [0.29, 0.717) is 10.2 Å². The van der Waals surface area contributed by atoms with Crippen molar-refractivity contribution in [1.82, 2.24) is 14.8 Å². The Bertz CT molecular complexity index is 767. The first-order valence-electron chi connectivity index (χ1n) is 6.65. The van der Waals surface area contributed by atoms with E-state index in [4.69, 9.17) is 11.6 Å². The number of carbonyl (C=O) groups is 1. The standard InChI is InChI=1S/C15H13ClN4OS/c1-10(20-8-2-7-17-20)14(21)19-15-18-13(9-22-15)11-3-5-12(16)6-4-11/h2-10H,1H3,(H,18,19,21). The molecule has 1 atom stereocenters. The summed E-state index contributed by atoms with van der Waals surface area (Å²) < 4.78 is 1.60. The van der Waals surface area contributed by atoms with Gasteiger partial charge in [-0.1, -0.05) is 23.7 Å². The lowest BCUT2D eigenvalue weighted by atomic mass is 10.2. The predicted molar refractivity (Wildman–Crippen MR) is 88.1 cm³/mol. The summed E-state index contributed by atoms with van der Waals surface area (Å²) in [4.78, 5) is 16.6. The lowest BCUT2D eigenvalue weighted by molar-refractivity contribution is -0.119. The average Bonchev–Trinajstić information content (AvgIpc) is 3.18. The van der Waals surface area contributed by atoms with Gasteiger partial charge in [-0.15, -0.1) is 11.3 Å². The molecule has 0 aliphatic carbocycles. The topological polar surface area (TPSA) is 59.8 Å². The van der Waals surface area contributed by atoms with Crippen LogP contribution < -0.4 is 5.32 Å². The van der Waals surface area contributed by atoms with Crippen LogP contribution in [0.3, 0.4) is 0 Å². The highest BCUT2D eigenvalue weighted by Gasteiger charge is 2.16. The van der Waals surface area contributed by atoms with Gasteiger partial charge < -0.3 is 5.32 Å². The Kier molecular flexibility index (Phi) is 4.22. The summed E-state index contributed by atoms with van der Waals surface area (Å²) in [6.45, 7) is 1.79. The Morgan fingerprint density at radius 3 is 2.82 bits per heavy atom.